The molecule has 0 aromatic carbocycles. The Bertz CT molecular complexity index is 243. The predicted molar refractivity (Wildman–Crippen MR) is 62.4 cm³/mol. The average molecular weight is 246 g/mol. The van der Waals surface area contributed by atoms with Gasteiger partial charge in [-0.3, -0.25) is 0 Å². The Kier molecular flexibility index (Phi) is 6.08. The van der Waals surface area contributed by atoms with E-state index >= 15 is 0 Å². The van der Waals surface area contributed by atoms with Gasteiger partial charge in [0.15, 0.2) is 0 Å². The van der Waals surface area contributed by atoms with E-state index in [2.05, 4.69) is 6.58 Å². The van der Waals surface area contributed by atoms with E-state index in [1.165, 1.54) is 0 Å². The van der Waals surface area contributed by atoms with Crippen LogP contribution in [0.25, 0.3) is 0 Å². The van der Waals surface area contributed by atoms with Crippen LogP contribution in [-0.4, -0.2) is 58.6 Å². The predicted octanol–water partition coefficient (Wildman–Crippen LogP) is -0.566. The first kappa shape index (κ1) is 14.6. The smallest absolute Gasteiger partial charge is 0.113 e. The number of rotatable bonds is 6. The van der Waals surface area contributed by atoms with Gasteiger partial charge in [0.2, 0.25) is 0 Å². The molecule has 0 unspecified atom stereocenters. The summed E-state index contributed by atoms with van der Waals surface area (Å²) in [5, 5.41) is 37.4. The van der Waals surface area contributed by atoms with Crippen molar-refractivity contribution in [2.45, 2.75) is 37.6 Å². The van der Waals surface area contributed by atoms with Gasteiger partial charge in [0.25, 0.3) is 0 Å². The van der Waals surface area contributed by atoms with Gasteiger partial charge in [-0.05, 0) is 30.8 Å². The van der Waals surface area contributed by atoms with Crippen molar-refractivity contribution in [3.63, 3.8) is 0 Å². The lowest BCUT2D eigenvalue weighted by Gasteiger charge is -2.38. The molecule has 0 aromatic rings. The maximum atomic E-state index is 9.98. The van der Waals surface area contributed by atoms with E-state index in [4.69, 9.17) is 14.9 Å². The van der Waals surface area contributed by atoms with E-state index in [9.17, 15) is 10.2 Å². The fourth-order valence-electron chi connectivity index (χ4n) is 2.19. The number of hydrogen-bond acceptors (Lipinski definition) is 5. The van der Waals surface area contributed by atoms with Gasteiger partial charge in [0.05, 0.1) is 6.10 Å². The molecule has 0 aromatic heterocycles. The molecule has 4 atom stereocenters. The van der Waals surface area contributed by atoms with Gasteiger partial charge in [-0.1, -0.05) is 6.58 Å². The molecule has 0 heterocycles. The van der Waals surface area contributed by atoms with Gasteiger partial charge in [-0.25, -0.2) is 0 Å². The van der Waals surface area contributed by atoms with Crippen molar-refractivity contribution in [3.8, 4) is 0 Å². The number of ether oxygens (including phenoxy) is 1. The molecule has 1 aliphatic carbocycles. The minimum Gasteiger partial charge on any atom is -0.396 e. The molecule has 1 saturated carbocycles. The third kappa shape index (κ3) is 3.76. The van der Waals surface area contributed by atoms with Gasteiger partial charge >= 0.3 is 0 Å². The Labute approximate surface area is 101 Å². The molecular weight excluding hydrogens is 224 g/mol. The summed E-state index contributed by atoms with van der Waals surface area (Å²) < 4.78 is 5.36. The normalized spacial score (nSPS) is 34.0. The standard InChI is InChI=1S/C12H22O5/c1-8-9(3-5-14)7-10(15)12(11(8)16)17-6-2-4-13/h9-16H,1-7H2/t9-,10-,11-,12-/m1/s1. The second-order valence-electron chi connectivity index (χ2n) is 4.44. The molecule has 0 aliphatic heterocycles. The zero-order valence-electron chi connectivity index (χ0n) is 9.96. The molecule has 0 saturated heterocycles. The Morgan fingerprint density at radius 3 is 2.53 bits per heavy atom. The molecule has 0 amide bonds. The number of aliphatic hydroxyl groups excluding tert-OH is 4. The third-order valence-corrected chi connectivity index (χ3v) is 3.21. The molecule has 4 N–H and O–H groups in total. The highest BCUT2D eigenvalue weighted by Crippen LogP contribution is 2.32. The van der Waals surface area contributed by atoms with E-state index in [0.717, 1.165) is 0 Å². The fraction of sp³-hybridized carbons (Fsp3) is 0.833. The van der Waals surface area contributed by atoms with Crippen LogP contribution in [0.3, 0.4) is 0 Å². The van der Waals surface area contributed by atoms with E-state index in [0.29, 0.717) is 31.4 Å². The number of hydrogen-bond donors (Lipinski definition) is 4. The summed E-state index contributed by atoms with van der Waals surface area (Å²) in [6.07, 6.45) is -0.928. The molecular formula is C12H22O5. The van der Waals surface area contributed by atoms with Crippen LogP contribution in [-0.2, 0) is 4.74 Å². The van der Waals surface area contributed by atoms with Crippen LogP contribution < -0.4 is 0 Å². The van der Waals surface area contributed by atoms with Crippen molar-refractivity contribution >= 4 is 0 Å². The van der Waals surface area contributed by atoms with Crippen LogP contribution in [0.4, 0.5) is 0 Å². The minimum absolute atomic E-state index is 0.0131. The molecule has 0 spiro atoms. The largest absolute Gasteiger partial charge is 0.396 e. The molecule has 1 fully saturated rings. The first-order chi connectivity index (χ1) is 8.11. The summed E-state index contributed by atoms with van der Waals surface area (Å²) in [6.45, 7) is 4.14. The Balaban J connectivity index is 2.54. The Hall–Kier alpha value is -0.460. The van der Waals surface area contributed by atoms with Crippen LogP contribution in [0.5, 0.6) is 0 Å². The van der Waals surface area contributed by atoms with Gasteiger partial charge in [-0.15, -0.1) is 0 Å². The first-order valence-corrected chi connectivity index (χ1v) is 6.00. The SMILES string of the molecule is C=C1[C@H](CCO)C[C@@H](O)[C@@H](OCCCO)[C@@H]1O. The first-order valence-electron chi connectivity index (χ1n) is 6.00. The quantitative estimate of drug-likeness (QED) is 0.372. The maximum Gasteiger partial charge on any atom is 0.113 e. The van der Waals surface area contributed by atoms with E-state index in [1.54, 1.807) is 0 Å². The van der Waals surface area contributed by atoms with Gasteiger partial charge in [0.1, 0.15) is 12.2 Å². The summed E-state index contributed by atoms with van der Waals surface area (Å²) in [6, 6.07) is 0. The summed E-state index contributed by atoms with van der Waals surface area (Å²) in [5.41, 5.74) is 0.610. The van der Waals surface area contributed by atoms with E-state index in [1.807, 2.05) is 0 Å². The Morgan fingerprint density at radius 2 is 1.94 bits per heavy atom. The lowest BCUT2D eigenvalue weighted by Crippen LogP contribution is -2.47. The highest BCUT2D eigenvalue weighted by atomic mass is 16.5. The molecule has 5 heteroatoms. The zero-order chi connectivity index (χ0) is 12.8. The van der Waals surface area contributed by atoms with Gasteiger partial charge in [-0.2, -0.15) is 0 Å². The van der Waals surface area contributed by atoms with Crippen molar-refractivity contribution in [2.24, 2.45) is 5.92 Å². The van der Waals surface area contributed by atoms with Crippen molar-refractivity contribution in [3.05, 3.63) is 12.2 Å². The third-order valence-electron chi connectivity index (χ3n) is 3.21. The molecule has 5 nitrogen and oxygen atoms in total. The average Bonchev–Trinajstić information content (AvgIpc) is 2.30. The van der Waals surface area contributed by atoms with Crippen LogP contribution >= 0.6 is 0 Å². The minimum atomic E-state index is -0.908. The lowest BCUT2D eigenvalue weighted by atomic mass is 9.78. The summed E-state index contributed by atoms with van der Waals surface area (Å²) in [7, 11) is 0. The number of aliphatic hydroxyl groups is 4. The molecule has 100 valence electrons. The topological polar surface area (TPSA) is 90.2 Å². The van der Waals surface area contributed by atoms with E-state index < -0.39 is 18.3 Å². The van der Waals surface area contributed by atoms with Crippen LogP contribution in [0.15, 0.2) is 12.2 Å². The van der Waals surface area contributed by atoms with E-state index in [-0.39, 0.29) is 19.1 Å². The maximum absolute atomic E-state index is 9.98. The monoisotopic (exact) mass is 246 g/mol. The van der Waals surface area contributed by atoms with Crippen LogP contribution in [0, 0.1) is 5.92 Å². The summed E-state index contributed by atoms with van der Waals surface area (Å²) >= 11 is 0. The van der Waals surface area contributed by atoms with Crippen molar-refractivity contribution < 1.29 is 25.2 Å². The van der Waals surface area contributed by atoms with Gasteiger partial charge < -0.3 is 25.2 Å². The molecule has 17 heavy (non-hydrogen) atoms. The Morgan fingerprint density at radius 1 is 1.24 bits per heavy atom. The van der Waals surface area contributed by atoms with Gasteiger partial charge in [0, 0.05) is 19.8 Å². The summed E-state index contributed by atoms with van der Waals surface area (Å²) in [4.78, 5) is 0. The van der Waals surface area contributed by atoms with Crippen molar-refractivity contribution in [2.75, 3.05) is 19.8 Å². The second kappa shape index (κ2) is 7.08. The molecule has 1 rings (SSSR count). The second-order valence-corrected chi connectivity index (χ2v) is 4.44. The molecule has 0 radical (unpaired) electrons. The molecule has 0 bridgehead atoms. The molecule has 1 aliphatic rings. The highest BCUT2D eigenvalue weighted by Gasteiger charge is 2.38. The lowest BCUT2D eigenvalue weighted by molar-refractivity contribution is -0.113. The summed E-state index contributed by atoms with van der Waals surface area (Å²) in [5.74, 6) is -0.0670. The van der Waals surface area contributed by atoms with Crippen LogP contribution in [0.2, 0.25) is 0 Å². The fourth-order valence-corrected chi connectivity index (χ4v) is 2.19. The van der Waals surface area contributed by atoms with Crippen molar-refractivity contribution in [1.82, 2.24) is 0 Å². The highest BCUT2D eigenvalue weighted by molar-refractivity contribution is 5.15. The van der Waals surface area contributed by atoms with Crippen LogP contribution in [0.1, 0.15) is 19.3 Å². The van der Waals surface area contributed by atoms with Crippen molar-refractivity contribution in [1.29, 1.82) is 0 Å². The zero-order valence-corrected chi connectivity index (χ0v) is 9.96.